The van der Waals surface area contributed by atoms with Crippen molar-refractivity contribution in [2.24, 2.45) is 0 Å². The highest BCUT2D eigenvalue weighted by Gasteiger charge is 2.10. The van der Waals surface area contributed by atoms with Gasteiger partial charge in [0.1, 0.15) is 6.61 Å². The van der Waals surface area contributed by atoms with Crippen LogP contribution in [0.1, 0.15) is 29.9 Å². The molecule has 2 rings (SSSR count). The number of hydrogen-bond acceptors (Lipinski definition) is 6. The molecule has 0 spiro atoms. The lowest BCUT2D eigenvalue weighted by Crippen LogP contribution is -2.08. The van der Waals surface area contributed by atoms with E-state index >= 15 is 0 Å². The van der Waals surface area contributed by atoms with Gasteiger partial charge in [0.25, 0.3) is 0 Å². The zero-order chi connectivity index (χ0) is 16.8. The van der Waals surface area contributed by atoms with Crippen LogP contribution in [-0.2, 0) is 20.9 Å². The van der Waals surface area contributed by atoms with Crippen molar-refractivity contribution in [3.8, 4) is 0 Å². The fraction of sp³-hybridized carbons (Fsp3) is 0.200. The van der Waals surface area contributed by atoms with Crippen LogP contribution in [0.4, 0.5) is 10.8 Å². The molecule has 0 bridgehead atoms. The quantitative estimate of drug-likeness (QED) is 0.819. The first kappa shape index (κ1) is 16.6. The van der Waals surface area contributed by atoms with Crippen LogP contribution in [-0.4, -0.2) is 22.8 Å². The summed E-state index contributed by atoms with van der Waals surface area (Å²) >= 11 is 1.26. The number of rotatable bonds is 5. The maximum Gasteiger partial charge on any atom is 0.338 e. The third-order valence-corrected chi connectivity index (χ3v) is 3.43. The molecular formula is C15H15N3O4S. The predicted molar refractivity (Wildman–Crippen MR) is 86.3 cm³/mol. The molecule has 120 valence electrons. The van der Waals surface area contributed by atoms with Crippen LogP contribution in [0.15, 0.2) is 29.6 Å². The molecule has 1 aromatic heterocycles. The van der Waals surface area contributed by atoms with E-state index in [0.717, 1.165) is 0 Å². The van der Waals surface area contributed by atoms with E-state index in [4.69, 9.17) is 4.74 Å². The Kier molecular flexibility index (Phi) is 5.42. The van der Waals surface area contributed by atoms with Crippen molar-refractivity contribution in [1.29, 1.82) is 0 Å². The molecule has 0 unspecified atom stereocenters. The fourth-order valence-electron chi connectivity index (χ4n) is 1.70. The standard InChI is InChI=1S/C15H15N3O4S/c1-9(19)16-12-5-3-11(4-6-12)14(21)22-7-13-8-23-15(18-13)17-10(2)20/h3-6,8H,7H2,1-2H3,(H,16,19)(H,17,18,20). The Bertz CT molecular complexity index is 725. The summed E-state index contributed by atoms with van der Waals surface area (Å²) in [5, 5.41) is 7.34. The molecule has 1 aromatic carbocycles. The average molecular weight is 333 g/mol. The third kappa shape index (κ3) is 5.19. The molecule has 8 heteroatoms. The summed E-state index contributed by atoms with van der Waals surface area (Å²) in [6.07, 6.45) is 0. The highest BCUT2D eigenvalue weighted by molar-refractivity contribution is 7.13. The van der Waals surface area contributed by atoms with Crippen molar-refractivity contribution in [1.82, 2.24) is 4.98 Å². The zero-order valence-corrected chi connectivity index (χ0v) is 13.4. The number of anilines is 2. The normalized spacial score (nSPS) is 10.0. The van der Waals surface area contributed by atoms with Crippen LogP contribution < -0.4 is 10.6 Å². The molecule has 2 N–H and O–H groups in total. The third-order valence-electron chi connectivity index (χ3n) is 2.63. The van der Waals surface area contributed by atoms with Crippen molar-refractivity contribution in [3.63, 3.8) is 0 Å². The van der Waals surface area contributed by atoms with E-state index in [1.807, 2.05) is 0 Å². The van der Waals surface area contributed by atoms with Gasteiger partial charge in [-0.25, -0.2) is 9.78 Å². The smallest absolute Gasteiger partial charge is 0.338 e. The van der Waals surface area contributed by atoms with Crippen LogP contribution >= 0.6 is 11.3 Å². The van der Waals surface area contributed by atoms with E-state index in [1.54, 1.807) is 29.6 Å². The lowest BCUT2D eigenvalue weighted by molar-refractivity contribution is -0.115. The summed E-state index contributed by atoms with van der Waals surface area (Å²) in [5.74, 6) is -0.880. The predicted octanol–water partition coefficient (Wildman–Crippen LogP) is 2.42. The Morgan fingerprint density at radius 2 is 1.74 bits per heavy atom. The maximum atomic E-state index is 11.9. The Morgan fingerprint density at radius 1 is 1.09 bits per heavy atom. The first-order valence-corrected chi connectivity index (χ1v) is 7.59. The average Bonchev–Trinajstić information content (AvgIpc) is 2.91. The van der Waals surface area contributed by atoms with Gasteiger partial charge in [-0.2, -0.15) is 0 Å². The number of esters is 1. The molecule has 2 amide bonds. The number of carbonyl (C=O) groups excluding carboxylic acids is 3. The number of nitrogens with zero attached hydrogens (tertiary/aromatic N) is 1. The monoisotopic (exact) mass is 333 g/mol. The lowest BCUT2D eigenvalue weighted by Gasteiger charge is -2.05. The van der Waals surface area contributed by atoms with Crippen molar-refractivity contribution < 1.29 is 19.1 Å². The van der Waals surface area contributed by atoms with Crippen molar-refractivity contribution in [3.05, 3.63) is 40.9 Å². The van der Waals surface area contributed by atoms with Crippen molar-refractivity contribution >= 4 is 39.9 Å². The van der Waals surface area contributed by atoms with Gasteiger partial charge in [0.05, 0.1) is 11.3 Å². The van der Waals surface area contributed by atoms with Crippen LogP contribution in [0.3, 0.4) is 0 Å². The van der Waals surface area contributed by atoms with Gasteiger partial charge in [-0.1, -0.05) is 0 Å². The SMILES string of the molecule is CC(=O)Nc1ccc(C(=O)OCc2csc(NC(C)=O)n2)cc1. The first-order chi connectivity index (χ1) is 10.9. The largest absolute Gasteiger partial charge is 0.456 e. The number of aromatic nitrogens is 1. The van der Waals surface area contributed by atoms with Crippen LogP contribution in [0.5, 0.6) is 0 Å². The highest BCUT2D eigenvalue weighted by atomic mass is 32.1. The minimum atomic E-state index is -0.492. The van der Waals surface area contributed by atoms with E-state index < -0.39 is 5.97 Å². The Labute approximate surface area is 136 Å². The Hall–Kier alpha value is -2.74. The van der Waals surface area contributed by atoms with Gasteiger partial charge >= 0.3 is 5.97 Å². The van der Waals surface area contributed by atoms with E-state index in [2.05, 4.69) is 15.6 Å². The molecule has 0 atom stereocenters. The summed E-state index contributed by atoms with van der Waals surface area (Å²) in [6.45, 7) is 2.82. The van der Waals surface area contributed by atoms with E-state index in [-0.39, 0.29) is 18.4 Å². The Balaban J connectivity index is 1.90. The van der Waals surface area contributed by atoms with Crippen molar-refractivity contribution in [2.45, 2.75) is 20.5 Å². The van der Waals surface area contributed by atoms with Gasteiger partial charge in [-0.05, 0) is 24.3 Å². The summed E-state index contributed by atoms with van der Waals surface area (Å²) < 4.78 is 5.16. The summed E-state index contributed by atoms with van der Waals surface area (Å²) in [6, 6.07) is 6.38. The summed E-state index contributed by atoms with van der Waals surface area (Å²) in [4.78, 5) is 37.9. The molecule has 0 saturated heterocycles. The number of benzene rings is 1. The van der Waals surface area contributed by atoms with E-state index in [9.17, 15) is 14.4 Å². The van der Waals surface area contributed by atoms with Crippen LogP contribution in [0, 0.1) is 0 Å². The number of thiazole rings is 1. The fourth-order valence-corrected chi connectivity index (χ4v) is 2.44. The molecule has 0 saturated carbocycles. The molecule has 1 heterocycles. The molecule has 0 fully saturated rings. The number of hydrogen-bond donors (Lipinski definition) is 2. The summed E-state index contributed by atoms with van der Waals surface area (Å²) in [7, 11) is 0. The lowest BCUT2D eigenvalue weighted by atomic mass is 10.2. The van der Waals surface area contributed by atoms with Gasteiger partial charge < -0.3 is 15.4 Å². The number of nitrogens with one attached hydrogen (secondary N) is 2. The van der Waals surface area contributed by atoms with E-state index in [0.29, 0.717) is 22.1 Å². The molecule has 0 radical (unpaired) electrons. The molecular weight excluding hydrogens is 318 g/mol. The molecule has 0 aliphatic rings. The van der Waals surface area contributed by atoms with Gasteiger partial charge in [0.2, 0.25) is 11.8 Å². The van der Waals surface area contributed by atoms with Gasteiger partial charge in [-0.3, -0.25) is 9.59 Å². The van der Waals surface area contributed by atoms with Gasteiger partial charge in [0, 0.05) is 24.9 Å². The number of ether oxygens (including phenoxy) is 1. The molecule has 2 aromatic rings. The van der Waals surface area contributed by atoms with Crippen molar-refractivity contribution in [2.75, 3.05) is 10.6 Å². The van der Waals surface area contributed by atoms with Gasteiger partial charge in [-0.15, -0.1) is 11.3 Å². The van der Waals surface area contributed by atoms with Crippen LogP contribution in [0.2, 0.25) is 0 Å². The zero-order valence-electron chi connectivity index (χ0n) is 12.6. The second kappa shape index (κ2) is 7.50. The topological polar surface area (TPSA) is 97.4 Å². The van der Waals surface area contributed by atoms with E-state index in [1.165, 1.54) is 25.2 Å². The molecule has 7 nitrogen and oxygen atoms in total. The minimum Gasteiger partial charge on any atom is -0.456 e. The second-order valence-corrected chi connectivity index (χ2v) is 5.52. The second-order valence-electron chi connectivity index (χ2n) is 4.66. The minimum absolute atomic E-state index is 0.0162. The summed E-state index contributed by atoms with van der Waals surface area (Å²) in [5.41, 5.74) is 1.53. The number of carbonyl (C=O) groups is 3. The van der Waals surface area contributed by atoms with Gasteiger partial charge in [0.15, 0.2) is 5.13 Å². The molecule has 0 aliphatic heterocycles. The molecule has 23 heavy (non-hydrogen) atoms. The maximum absolute atomic E-state index is 11.9. The molecule has 0 aliphatic carbocycles. The highest BCUT2D eigenvalue weighted by Crippen LogP contribution is 2.17. The Morgan fingerprint density at radius 3 is 2.35 bits per heavy atom. The van der Waals surface area contributed by atoms with Crippen LogP contribution in [0.25, 0.3) is 0 Å². The first-order valence-electron chi connectivity index (χ1n) is 6.71. The number of amides is 2.